The van der Waals surface area contributed by atoms with Gasteiger partial charge in [-0.25, -0.2) is 0 Å². The zero-order valence-electron chi connectivity index (χ0n) is 19.7. The third kappa shape index (κ3) is 6.52. The first-order valence-corrected chi connectivity index (χ1v) is 12.2. The maximum atomic E-state index is 12.5. The van der Waals surface area contributed by atoms with Crippen molar-refractivity contribution in [3.05, 3.63) is 94.5 Å². The molecule has 0 unspecified atom stereocenters. The van der Waals surface area contributed by atoms with Crippen LogP contribution in [0.5, 0.6) is 5.75 Å². The predicted octanol–water partition coefficient (Wildman–Crippen LogP) is 4.92. The minimum Gasteiger partial charge on any atom is -0.495 e. The molecule has 1 saturated heterocycles. The summed E-state index contributed by atoms with van der Waals surface area (Å²) in [5.41, 5.74) is 4.77. The summed E-state index contributed by atoms with van der Waals surface area (Å²) in [5.74, 6) is 0.686. The van der Waals surface area contributed by atoms with Crippen molar-refractivity contribution in [1.29, 1.82) is 0 Å². The Labute approximate surface area is 207 Å². The summed E-state index contributed by atoms with van der Waals surface area (Å²) < 4.78 is 5.19. The van der Waals surface area contributed by atoms with E-state index in [0.717, 1.165) is 38.3 Å². The molecule has 4 rings (SSSR count). The number of benzene rings is 3. The van der Waals surface area contributed by atoms with Gasteiger partial charge in [-0.05, 0) is 47.4 Å². The minimum atomic E-state index is 0.0400. The van der Waals surface area contributed by atoms with E-state index < -0.39 is 0 Å². The molecule has 1 amide bonds. The molecule has 6 heteroatoms. The molecule has 0 saturated carbocycles. The number of nitrogens with one attached hydrogen (secondary N) is 1. The number of hydrogen-bond acceptors (Lipinski definition) is 4. The van der Waals surface area contributed by atoms with Gasteiger partial charge in [-0.15, -0.1) is 0 Å². The van der Waals surface area contributed by atoms with Gasteiger partial charge in [0.15, 0.2) is 0 Å². The molecule has 0 spiro atoms. The van der Waals surface area contributed by atoms with Crippen LogP contribution in [-0.4, -0.2) is 44.1 Å². The topological polar surface area (TPSA) is 44.8 Å². The molecule has 1 heterocycles. The molecule has 34 heavy (non-hydrogen) atoms. The predicted molar refractivity (Wildman–Crippen MR) is 139 cm³/mol. The van der Waals surface area contributed by atoms with E-state index >= 15 is 0 Å². The highest BCUT2D eigenvalue weighted by atomic mass is 35.5. The van der Waals surface area contributed by atoms with Gasteiger partial charge < -0.3 is 15.0 Å². The first kappa shape index (κ1) is 24.1. The number of hydrogen-bond donors (Lipinski definition) is 1. The lowest BCUT2D eigenvalue weighted by Crippen LogP contribution is -2.46. The Morgan fingerprint density at radius 3 is 2.35 bits per heavy atom. The molecule has 0 bridgehead atoms. The van der Waals surface area contributed by atoms with Gasteiger partial charge in [0.2, 0.25) is 5.91 Å². The molecular weight excluding hydrogens is 446 g/mol. The Balaban J connectivity index is 1.25. The normalized spacial score (nSPS) is 14.1. The molecule has 0 aromatic heterocycles. The first-order chi connectivity index (χ1) is 16.6. The van der Waals surface area contributed by atoms with Gasteiger partial charge in [-0.2, -0.15) is 0 Å². The molecular formula is C28H32ClN3O2. The van der Waals surface area contributed by atoms with Gasteiger partial charge in [0, 0.05) is 51.4 Å². The average molecular weight is 478 g/mol. The van der Waals surface area contributed by atoms with Gasteiger partial charge >= 0.3 is 0 Å². The number of carbonyl (C=O) groups is 1. The number of carbonyl (C=O) groups excluding carboxylic acids is 1. The van der Waals surface area contributed by atoms with E-state index in [-0.39, 0.29) is 5.91 Å². The zero-order valence-corrected chi connectivity index (χ0v) is 20.4. The van der Waals surface area contributed by atoms with Crippen LogP contribution in [0.15, 0.2) is 72.8 Å². The Bertz CT molecular complexity index is 1080. The lowest BCUT2D eigenvalue weighted by Gasteiger charge is -2.36. The summed E-state index contributed by atoms with van der Waals surface area (Å²) in [6.07, 6.45) is 1.06. The Hall–Kier alpha value is -3.02. The lowest BCUT2D eigenvalue weighted by atomic mass is 10.1. The number of anilines is 1. The molecule has 5 nitrogen and oxygen atoms in total. The van der Waals surface area contributed by atoms with E-state index in [1.165, 1.54) is 16.8 Å². The molecule has 1 fully saturated rings. The van der Waals surface area contributed by atoms with Crippen molar-refractivity contribution in [2.75, 3.05) is 38.2 Å². The van der Waals surface area contributed by atoms with Crippen molar-refractivity contribution in [3.8, 4) is 5.75 Å². The fraction of sp³-hybridized carbons (Fsp3) is 0.321. The monoisotopic (exact) mass is 477 g/mol. The molecule has 3 aromatic carbocycles. The van der Waals surface area contributed by atoms with Crippen LogP contribution in [0.25, 0.3) is 0 Å². The minimum absolute atomic E-state index is 0.0400. The van der Waals surface area contributed by atoms with Crippen LogP contribution < -0.4 is 15.0 Å². The number of nitrogens with zero attached hydrogens (tertiary/aromatic N) is 2. The van der Waals surface area contributed by atoms with E-state index in [4.69, 9.17) is 16.3 Å². The van der Waals surface area contributed by atoms with Crippen molar-refractivity contribution in [1.82, 2.24) is 10.2 Å². The number of piperazine rings is 1. The molecule has 3 aromatic rings. The molecule has 0 atom stereocenters. The SMILES string of the molecule is COc1ccc(CCC(=O)NCc2ccccc2CN2CCN(c3ccccc3)CC2)cc1Cl. The van der Waals surface area contributed by atoms with E-state index in [0.29, 0.717) is 30.2 Å². The fourth-order valence-corrected chi connectivity index (χ4v) is 4.61. The standard InChI is InChI=1S/C28H32ClN3O2/c1-34-27-13-11-22(19-26(27)29)12-14-28(33)30-20-23-7-5-6-8-24(23)21-31-15-17-32(18-16-31)25-9-3-2-4-10-25/h2-11,13,19H,12,14-18,20-21H2,1H3,(H,30,33). The van der Waals surface area contributed by atoms with Crippen molar-refractivity contribution >= 4 is 23.2 Å². The molecule has 1 aliphatic rings. The number of amides is 1. The first-order valence-electron chi connectivity index (χ1n) is 11.8. The number of ether oxygens (including phenoxy) is 1. The fourth-order valence-electron chi connectivity index (χ4n) is 4.33. The maximum absolute atomic E-state index is 12.5. The third-order valence-corrected chi connectivity index (χ3v) is 6.63. The average Bonchev–Trinajstić information content (AvgIpc) is 2.88. The summed E-state index contributed by atoms with van der Waals surface area (Å²) in [7, 11) is 1.59. The summed E-state index contributed by atoms with van der Waals surface area (Å²) in [6.45, 7) is 5.55. The molecule has 0 radical (unpaired) electrons. The second-order valence-electron chi connectivity index (χ2n) is 8.61. The molecule has 0 aliphatic carbocycles. The smallest absolute Gasteiger partial charge is 0.220 e. The van der Waals surface area contributed by atoms with Crippen molar-refractivity contribution in [2.45, 2.75) is 25.9 Å². The quantitative estimate of drug-likeness (QED) is 0.475. The van der Waals surface area contributed by atoms with Crippen LogP contribution in [0.2, 0.25) is 5.02 Å². The Kier molecular flexibility index (Phi) is 8.45. The van der Waals surface area contributed by atoms with Gasteiger partial charge in [0.1, 0.15) is 5.75 Å². The number of methoxy groups -OCH3 is 1. The number of halogens is 1. The van der Waals surface area contributed by atoms with Gasteiger partial charge in [-0.1, -0.05) is 60.1 Å². The van der Waals surface area contributed by atoms with Gasteiger partial charge in [0.05, 0.1) is 12.1 Å². The Morgan fingerprint density at radius 1 is 0.941 bits per heavy atom. The van der Waals surface area contributed by atoms with Crippen LogP contribution in [0.4, 0.5) is 5.69 Å². The third-order valence-electron chi connectivity index (χ3n) is 6.34. The Morgan fingerprint density at radius 2 is 1.65 bits per heavy atom. The zero-order chi connectivity index (χ0) is 23.8. The highest BCUT2D eigenvalue weighted by molar-refractivity contribution is 6.32. The van der Waals surface area contributed by atoms with E-state index in [1.54, 1.807) is 7.11 Å². The van der Waals surface area contributed by atoms with E-state index in [9.17, 15) is 4.79 Å². The van der Waals surface area contributed by atoms with Crippen LogP contribution >= 0.6 is 11.6 Å². The van der Waals surface area contributed by atoms with E-state index in [2.05, 4.69) is 63.6 Å². The van der Waals surface area contributed by atoms with Crippen LogP contribution in [-0.2, 0) is 24.3 Å². The number of rotatable bonds is 9. The molecule has 1 N–H and O–H groups in total. The number of para-hydroxylation sites is 1. The van der Waals surface area contributed by atoms with Crippen molar-refractivity contribution < 1.29 is 9.53 Å². The largest absolute Gasteiger partial charge is 0.495 e. The highest BCUT2D eigenvalue weighted by Gasteiger charge is 2.18. The second-order valence-corrected chi connectivity index (χ2v) is 9.02. The summed E-state index contributed by atoms with van der Waals surface area (Å²) in [6, 6.07) is 24.7. The highest BCUT2D eigenvalue weighted by Crippen LogP contribution is 2.25. The van der Waals surface area contributed by atoms with Gasteiger partial charge in [0.25, 0.3) is 0 Å². The van der Waals surface area contributed by atoms with Crippen molar-refractivity contribution in [3.63, 3.8) is 0 Å². The summed E-state index contributed by atoms with van der Waals surface area (Å²) >= 11 is 6.19. The van der Waals surface area contributed by atoms with E-state index in [1.807, 2.05) is 24.3 Å². The van der Waals surface area contributed by atoms with Crippen LogP contribution in [0.3, 0.4) is 0 Å². The maximum Gasteiger partial charge on any atom is 0.220 e. The summed E-state index contributed by atoms with van der Waals surface area (Å²) in [5, 5.41) is 3.66. The van der Waals surface area contributed by atoms with Crippen LogP contribution in [0.1, 0.15) is 23.1 Å². The number of aryl methyl sites for hydroxylation is 1. The van der Waals surface area contributed by atoms with Gasteiger partial charge in [-0.3, -0.25) is 9.69 Å². The summed E-state index contributed by atoms with van der Waals surface area (Å²) in [4.78, 5) is 17.4. The lowest BCUT2D eigenvalue weighted by molar-refractivity contribution is -0.121. The van der Waals surface area contributed by atoms with Crippen molar-refractivity contribution in [2.24, 2.45) is 0 Å². The second kappa shape index (κ2) is 11.9. The molecule has 178 valence electrons. The molecule has 1 aliphatic heterocycles. The van der Waals surface area contributed by atoms with Crippen LogP contribution in [0, 0.1) is 0 Å².